The first kappa shape index (κ1) is 23.2. The fraction of sp³-hybridized carbons (Fsp3) is 0.261. The summed E-state index contributed by atoms with van der Waals surface area (Å²) in [5.41, 5.74) is 1.97. The predicted molar refractivity (Wildman–Crippen MR) is 123 cm³/mol. The van der Waals surface area contributed by atoms with E-state index in [-0.39, 0.29) is 17.9 Å². The summed E-state index contributed by atoms with van der Waals surface area (Å²) in [6, 6.07) is 14.4. The average molecular weight is 456 g/mol. The van der Waals surface area contributed by atoms with Crippen molar-refractivity contribution in [3.05, 3.63) is 75.7 Å². The van der Waals surface area contributed by atoms with Crippen molar-refractivity contribution in [2.75, 3.05) is 21.3 Å². The second-order valence-corrected chi connectivity index (χ2v) is 7.82. The maximum atomic E-state index is 12.4. The minimum absolute atomic E-state index is 0.00836. The summed E-state index contributed by atoms with van der Waals surface area (Å²) in [4.78, 5) is 31.5. The van der Waals surface area contributed by atoms with Crippen LogP contribution >= 0.6 is 11.8 Å². The zero-order valence-electron chi connectivity index (χ0n) is 18.1. The molecule has 3 aromatic rings. The van der Waals surface area contributed by atoms with Gasteiger partial charge in [0.1, 0.15) is 17.2 Å². The van der Waals surface area contributed by atoms with E-state index in [2.05, 4.69) is 15.3 Å². The molecule has 0 spiro atoms. The molecule has 0 aliphatic rings. The SMILES string of the molecule is COc1cccc(CNC(=O)Cc2cc(=O)[nH]c(SCc3cc(OC)cc(OC)c3)n2)c1. The van der Waals surface area contributed by atoms with Crippen LogP contribution in [0.1, 0.15) is 16.8 Å². The lowest BCUT2D eigenvalue weighted by Gasteiger charge is -2.09. The van der Waals surface area contributed by atoms with Gasteiger partial charge < -0.3 is 24.5 Å². The lowest BCUT2D eigenvalue weighted by molar-refractivity contribution is -0.120. The molecular formula is C23H25N3O5S. The third-order valence-electron chi connectivity index (χ3n) is 4.53. The van der Waals surface area contributed by atoms with Gasteiger partial charge in [0.25, 0.3) is 5.56 Å². The fourth-order valence-electron chi connectivity index (χ4n) is 2.95. The Balaban J connectivity index is 1.61. The Morgan fingerprint density at radius 2 is 1.66 bits per heavy atom. The highest BCUT2D eigenvalue weighted by molar-refractivity contribution is 7.98. The van der Waals surface area contributed by atoms with Gasteiger partial charge >= 0.3 is 0 Å². The zero-order chi connectivity index (χ0) is 22.9. The molecule has 0 bridgehead atoms. The van der Waals surface area contributed by atoms with Crippen molar-refractivity contribution < 1.29 is 19.0 Å². The summed E-state index contributed by atoms with van der Waals surface area (Å²) < 4.78 is 15.8. The van der Waals surface area contributed by atoms with Crippen LogP contribution in [0.4, 0.5) is 0 Å². The van der Waals surface area contributed by atoms with Crippen molar-refractivity contribution in [2.24, 2.45) is 0 Å². The number of H-pyrrole nitrogens is 1. The van der Waals surface area contributed by atoms with E-state index in [1.54, 1.807) is 27.4 Å². The monoisotopic (exact) mass is 455 g/mol. The molecule has 2 N–H and O–H groups in total. The van der Waals surface area contributed by atoms with Crippen LogP contribution in [-0.2, 0) is 23.5 Å². The van der Waals surface area contributed by atoms with Crippen molar-refractivity contribution in [2.45, 2.75) is 23.9 Å². The minimum Gasteiger partial charge on any atom is -0.497 e. The number of ether oxygens (including phenoxy) is 3. The summed E-state index contributed by atoms with van der Waals surface area (Å²) in [5.74, 6) is 2.41. The molecule has 0 unspecified atom stereocenters. The topological polar surface area (TPSA) is 103 Å². The lowest BCUT2D eigenvalue weighted by Crippen LogP contribution is -2.25. The standard InChI is InChI=1S/C23H25N3O5S/c1-29-18-6-4-5-15(7-18)13-24-21(27)10-17-11-22(28)26-23(25-17)32-14-16-8-19(30-2)12-20(9-16)31-3/h4-9,11-12H,10,13-14H2,1-3H3,(H,24,27)(H,25,26,28). The number of hydrogen-bond donors (Lipinski definition) is 2. The molecule has 3 rings (SSSR count). The van der Waals surface area contributed by atoms with Crippen LogP contribution in [0.25, 0.3) is 0 Å². The minimum atomic E-state index is -0.304. The van der Waals surface area contributed by atoms with Gasteiger partial charge in [-0.1, -0.05) is 23.9 Å². The Morgan fingerprint density at radius 1 is 0.969 bits per heavy atom. The number of aromatic nitrogens is 2. The van der Waals surface area contributed by atoms with Gasteiger partial charge in [-0.05, 0) is 35.4 Å². The smallest absolute Gasteiger partial charge is 0.251 e. The van der Waals surface area contributed by atoms with E-state index in [4.69, 9.17) is 14.2 Å². The molecule has 0 saturated carbocycles. The van der Waals surface area contributed by atoms with Crippen LogP contribution in [0.15, 0.2) is 58.5 Å². The van der Waals surface area contributed by atoms with Gasteiger partial charge in [-0.2, -0.15) is 0 Å². The molecule has 0 atom stereocenters. The van der Waals surface area contributed by atoms with Gasteiger partial charge in [0.05, 0.1) is 33.4 Å². The van der Waals surface area contributed by atoms with Crippen LogP contribution in [0.2, 0.25) is 0 Å². The molecule has 9 heteroatoms. The highest BCUT2D eigenvalue weighted by Gasteiger charge is 2.09. The number of nitrogens with zero attached hydrogens (tertiary/aromatic N) is 1. The van der Waals surface area contributed by atoms with Crippen molar-refractivity contribution in [1.29, 1.82) is 0 Å². The molecular weight excluding hydrogens is 430 g/mol. The van der Waals surface area contributed by atoms with Crippen LogP contribution < -0.4 is 25.1 Å². The van der Waals surface area contributed by atoms with Crippen molar-refractivity contribution in [3.8, 4) is 17.2 Å². The number of rotatable bonds is 10. The number of nitrogens with one attached hydrogen (secondary N) is 2. The third-order valence-corrected chi connectivity index (χ3v) is 5.47. The third kappa shape index (κ3) is 6.78. The fourth-order valence-corrected chi connectivity index (χ4v) is 3.78. The Bertz CT molecular complexity index is 1110. The number of hydrogen-bond acceptors (Lipinski definition) is 7. The van der Waals surface area contributed by atoms with Crippen molar-refractivity contribution in [3.63, 3.8) is 0 Å². The predicted octanol–water partition coefficient (Wildman–Crippen LogP) is 2.95. The lowest BCUT2D eigenvalue weighted by atomic mass is 10.2. The van der Waals surface area contributed by atoms with E-state index in [9.17, 15) is 9.59 Å². The van der Waals surface area contributed by atoms with Gasteiger partial charge in [-0.3, -0.25) is 9.59 Å². The summed E-state index contributed by atoms with van der Waals surface area (Å²) >= 11 is 1.36. The molecule has 0 radical (unpaired) electrons. The van der Waals surface area contributed by atoms with Crippen molar-refractivity contribution in [1.82, 2.24) is 15.3 Å². The second-order valence-electron chi connectivity index (χ2n) is 6.86. The normalized spacial score (nSPS) is 10.5. The van der Waals surface area contributed by atoms with Gasteiger partial charge in [0.15, 0.2) is 5.16 Å². The number of amides is 1. The number of carbonyl (C=O) groups excluding carboxylic acids is 1. The van der Waals surface area contributed by atoms with Gasteiger partial charge in [-0.15, -0.1) is 0 Å². The molecule has 0 aliphatic heterocycles. The number of thioether (sulfide) groups is 1. The van der Waals surface area contributed by atoms with Crippen LogP contribution in [0, 0.1) is 0 Å². The molecule has 1 heterocycles. The van der Waals surface area contributed by atoms with E-state index in [1.165, 1.54) is 17.8 Å². The second kappa shape index (κ2) is 11.2. The molecule has 168 valence electrons. The highest BCUT2D eigenvalue weighted by Crippen LogP contribution is 2.27. The van der Waals surface area contributed by atoms with Crippen LogP contribution in [-0.4, -0.2) is 37.2 Å². The average Bonchev–Trinajstić information content (AvgIpc) is 2.81. The Morgan fingerprint density at radius 3 is 2.34 bits per heavy atom. The first-order valence-corrected chi connectivity index (χ1v) is 10.8. The molecule has 0 saturated heterocycles. The molecule has 2 aromatic carbocycles. The van der Waals surface area contributed by atoms with Gasteiger partial charge in [0.2, 0.25) is 5.91 Å². The van der Waals surface area contributed by atoms with Crippen LogP contribution in [0.3, 0.4) is 0 Å². The van der Waals surface area contributed by atoms with E-state index < -0.39 is 0 Å². The van der Waals surface area contributed by atoms with Crippen molar-refractivity contribution >= 4 is 17.7 Å². The van der Waals surface area contributed by atoms with Crippen LogP contribution in [0.5, 0.6) is 17.2 Å². The van der Waals surface area contributed by atoms with Gasteiger partial charge in [0, 0.05) is 24.4 Å². The molecule has 1 aromatic heterocycles. The molecule has 8 nitrogen and oxygen atoms in total. The van der Waals surface area contributed by atoms with Gasteiger partial charge in [-0.25, -0.2) is 4.98 Å². The maximum Gasteiger partial charge on any atom is 0.251 e. The highest BCUT2D eigenvalue weighted by atomic mass is 32.2. The summed E-state index contributed by atoms with van der Waals surface area (Å²) in [7, 11) is 4.78. The molecule has 0 fully saturated rings. The van der Waals surface area contributed by atoms with E-state index in [0.717, 1.165) is 16.9 Å². The number of carbonyl (C=O) groups is 1. The number of benzene rings is 2. The van der Waals surface area contributed by atoms with E-state index in [1.807, 2.05) is 36.4 Å². The summed E-state index contributed by atoms with van der Waals surface area (Å²) in [6.07, 6.45) is 0.00836. The maximum absolute atomic E-state index is 12.4. The number of methoxy groups -OCH3 is 3. The zero-order valence-corrected chi connectivity index (χ0v) is 19.0. The number of aromatic amines is 1. The largest absolute Gasteiger partial charge is 0.497 e. The van der Waals surface area contributed by atoms with E-state index >= 15 is 0 Å². The first-order chi connectivity index (χ1) is 15.5. The molecule has 0 aliphatic carbocycles. The Hall–Kier alpha value is -3.46. The summed E-state index contributed by atoms with van der Waals surface area (Å²) in [6.45, 7) is 0.360. The first-order valence-electron chi connectivity index (χ1n) is 9.83. The quantitative estimate of drug-likeness (QED) is 0.358. The molecule has 32 heavy (non-hydrogen) atoms. The molecule has 1 amide bonds. The Kier molecular flexibility index (Phi) is 8.15. The van der Waals surface area contributed by atoms with E-state index in [0.29, 0.717) is 34.6 Å². The Labute approximate surface area is 190 Å². The summed E-state index contributed by atoms with van der Waals surface area (Å²) in [5, 5.41) is 3.28.